The minimum atomic E-state index is -0.373. The first-order valence-corrected chi connectivity index (χ1v) is 6.69. The van der Waals surface area contributed by atoms with Crippen LogP contribution in [0.4, 0.5) is 11.4 Å². The second kappa shape index (κ2) is 5.11. The molecule has 1 fully saturated rings. The standard InChI is InChI=1S/C15H22N2O2/c1-9-5-11(3)17(8-9)12-6-10(2)14(16)13(7-12)15(18)19-4/h6-7,9,11H,5,8,16H2,1-4H3. The monoisotopic (exact) mass is 262 g/mol. The third kappa shape index (κ3) is 2.53. The van der Waals surface area contributed by atoms with Crippen LogP contribution in [0.2, 0.25) is 0 Å². The zero-order valence-electron chi connectivity index (χ0n) is 12.1. The molecule has 0 spiro atoms. The van der Waals surface area contributed by atoms with Crippen LogP contribution in [0.5, 0.6) is 0 Å². The lowest BCUT2D eigenvalue weighted by Gasteiger charge is -2.25. The summed E-state index contributed by atoms with van der Waals surface area (Å²) in [6.07, 6.45) is 1.18. The van der Waals surface area contributed by atoms with Crippen LogP contribution in [0.25, 0.3) is 0 Å². The smallest absolute Gasteiger partial charge is 0.340 e. The summed E-state index contributed by atoms with van der Waals surface area (Å²) in [5.74, 6) is 0.303. The van der Waals surface area contributed by atoms with Crippen LogP contribution in [0.3, 0.4) is 0 Å². The second-order valence-electron chi connectivity index (χ2n) is 5.56. The molecule has 2 atom stereocenters. The summed E-state index contributed by atoms with van der Waals surface area (Å²) in [4.78, 5) is 14.1. The highest BCUT2D eigenvalue weighted by atomic mass is 16.5. The largest absolute Gasteiger partial charge is 0.465 e. The summed E-state index contributed by atoms with van der Waals surface area (Å²) in [7, 11) is 1.38. The highest BCUT2D eigenvalue weighted by Crippen LogP contribution is 2.32. The van der Waals surface area contributed by atoms with Crippen molar-refractivity contribution in [3.05, 3.63) is 23.3 Å². The molecule has 1 aliphatic heterocycles. The molecule has 1 aromatic rings. The fraction of sp³-hybridized carbons (Fsp3) is 0.533. The Morgan fingerprint density at radius 2 is 2.11 bits per heavy atom. The zero-order chi connectivity index (χ0) is 14.2. The van der Waals surface area contributed by atoms with Crippen LogP contribution in [0, 0.1) is 12.8 Å². The number of esters is 1. The molecule has 1 saturated heterocycles. The number of carbonyl (C=O) groups excluding carboxylic acids is 1. The highest BCUT2D eigenvalue weighted by Gasteiger charge is 2.27. The predicted octanol–water partition coefficient (Wildman–Crippen LogP) is 2.60. The Morgan fingerprint density at radius 3 is 2.63 bits per heavy atom. The van der Waals surface area contributed by atoms with Gasteiger partial charge in [-0.1, -0.05) is 6.92 Å². The van der Waals surface area contributed by atoms with Crippen LogP contribution in [-0.2, 0) is 4.74 Å². The highest BCUT2D eigenvalue weighted by molar-refractivity contribution is 5.97. The van der Waals surface area contributed by atoms with Gasteiger partial charge in [-0.05, 0) is 43.9 Å². The summed E-state index contributed by atoms with van der Waals surface area (Å²) < 4.78 is 4.80. The van der Waals surface area contributed by atoms with Crippen molar-refractivity contribution in [2.75, 3.05) is 24.3 Å². The molecule has 1 heterocycles. The fourth-order valence-corrected chi connectivity index (χ4v) is 2.88. The normalized spacial score (nSPS) is 22.6. The van der Waals surface area contributed by atoms with E-state index in [2.05, 4.69) is 24.8 Å². The lowest BCUT2D eigenvalue weighted by molar-refractivity contribution is 0.0602. The van der Waals surface area contributed by atoms with Crippen LogP contribution < -0.4 is 10.6 Å². The van der Waals surface area contributed by atoms with Gasteiger partial charge < -0.3 is 15.4 Å². The van der Waals surface area contributed by atoms with E-state index >= 15 is 0 Å². The maximum atomic E-state index is 11.8. The lowest BCUT2D eigenvalue weighted by atomic mass is 10.1. The Bertz CT molecular complexity index is 499. The Morgan fingerprint density at radius 1 is 1.42 bits per heavy atom. The van der Waals surface area contributed by atoms with Gasteiger partial charge >= 0.3 is 5.97 Å². The van der Waals surface area contributed by atoms with Crippen molar-refractivity contribution in [1.29, 1.82) is 0 Å². The van der Waals surface area contributed by atoms with E-state index in [-0.39, 0.29) is 5.97 Å². The SMILES string of the molecule is COC(=O)c1cc(N2CC(C)CC2C)cc(C)c1N. The van der Waals surface area contributed by atoms with Crippen molar-refractivity contribution in [3.63, 3.8) is 0 Å². The number of aryl methyl sites for hydroxylation is 1. The molecule has 0 amide bonds. The number of hydrogen-bond acceptors (Lipinski definition) is 4. The molecule has 4 heteroatoms. The number of ether oxygens (including phenoxy) is 1. The zero-order valence-corrected chi connectivity index (χ0v) is 12.1. The third-order valence-corrected chi connectivity index (χ3v) is 3.89. The quantitative estimate of drug-likeness (QED) is 0.657. The van der Waals surface area contributed by atoms with E-state index in [1.807, 2.05) is 13.0 Å². The molecular formula is C15H22N2O2. The number of hydrogen-bond donors (Lipinski definition) is 1. The maximum absolute atomic E-state index is 11.8. The van der Waals surface area contributed by atoms with Crippen molar-refractivity contribution in [2.45, 2.75) is 33.2 Å². The molecule has 0 saturated carbocycles. The molecule has 2 rings (SSSR count). The fourth-order valence-electron chi connectivity index (χ4n) is 2.88. The number of benzene rings is 1. The number of carbonyl (C=O) groups is 1. The first-order valence-electron chi connectivity index (χ1n) is 6.69. The number of rotatable bonds is 2. The predicted molar refractivity (Wildman–Crippen MR) is 77.5 cm³/mol. The number of nitrogens with two attached hydrogens (primary N) is 1. The van der Waals surface area contributed by atoms with E-state index < -0.39 is 0 Å². The Labute approximate surface area is 114 Å². The molecule has 0 bridgehead atoms. The molecule has 2 N–H and O–H groups in total. The van der Waals surface area contributed by atoms with Gasteiger partial charge in [-0.3, -0.25) is 0 Å². The first kappa shape index (κ1) is 13.7. The minimum absolute atomic E-state index is 0.373. The van der Waals surface area contributed by atoms with E-state index in [1.54, 1.807) is 0 Å². The lowest BCUT2D eigenvalue weighted by Crippen LogP contribution is -2.27. The van der Waals surface area contributed by atoms with E-state index in [4.69, 9.17) is 10.5 Å². The molecule has 0 aromatic heterocycles. The maximum Gasteiger partial charge on any atom is 0.340 e. The Kier molecular flexibility index (Phi) is 3.69. The topological polar surface area (TPSA) is 55.6 Å². The summed E-state index contributed by atoms with van der Waals surface area (Å²) >= 11 is 0. The summed E-state index contributed by atoms with van der Waals surface area (Å²) in [6.45, 7) is 7.41. The minimum Gasteiger partial charge on any atom is -0.465 e. The van der Waals surface area contributed by atoms with Gasteiger partial charge in [0.1, 0.15) is 0 Å². The molecule has 1 aliphatic rings. The van der Waals surface area contributed by atoms with Gasteiger partial charge in [-0.25, -0.2) is 4.79 Å². The van der Waals surface area contributed by atoms with Crippen LogP contribution in [0.1, 0.15) is 36.2 Å². The van der Waals surface area contributed by atoms with Crippen molar-refractivity contribution in [3.8, 4) is 0 Å². The average Bonchev–Trinajstić information content (AvgIpc) is 2.70. The van der Waals surface area contributed by atoms with Gasteiger partial charge in [0.25, 0.3) is 0 Å². The number of methoxy groups -OCH3 is 1. The summed E-state index contributed by atoms with van der Waals surface area (Å²) in [5, 5.41) is 0. The molecular weight excluding hydrogens is 240 g/mol. The van der Waals surface area contributed by atoms with E-state index in [9.17, 15) is 4.79 Å². The third-order valence-electron chi connectivity index (χ3n) is 3.89. The van der Waals surface area contributed by atoms with Crippen LogP contribution in [0.15, 0.2) is 12.1 Å². The summed E-state index contributed by atoms with van der Waals surface area (Å²) in [5.41, 5.74) is 8.92. The van der Waals surface area contributed by atoms with Gasteiger partial charge in [0.15, 0.2) is 0 Å². The van der Waals surface area contributed by atoms with Gasteiger partial charge in [0.05, 0.1) is 12.7 Å². The molecule has 4 nitrogen and oxygen atoms in total. The molecule has 2 unspecified atom stereocenters. The number of anilines is 2. The molecule has 1 aromatic carbocycles. The van der Waals surface area contributed by atoms with E-state index in [0.29, 0.717) is 23.2 Å². The Balaban J connectivity index is 2.42. The molecule has 0 aliphatic carbocycles. The Hall–Kier alpha value is -1.71. The molecule has 104 valence electrons. The number of nitrogen functional groups attached to an aromatic ring is 1. The second-order valence-corrected chi connectivity index (χ2v) is 5.56. The van der Waals surface area contributed by atoms with Gasteiger partial charge in [0.2, 0.25) is 0 Å². The van der Waals surface area contributed by atoms with E-state index in [1.165, 1.54) is 13.5 Å². The molecule has 0 radical (unpaired) electrons. The van der Waals surface area contributed by atoms with Gasteiger partial charge in [0, 0.05) is 24.0 Å². The van der Waals surface area contributed by atoms with Crippen molar-refractivity contribution >= 4 is 17.3 Å². The van der Waals surface area contributed by atoms with Crippen LogP contribution >= 0.6 is 0 Å². The van der Waals surface area contributed by atoms with Gasteiger partial charge in [-0.2, -0.15) is 0 Å². The summed E-state index contributed by atoms with van der Waals surface area (Å²) in [6, 6.07) is 4.39. The van der Waals surface area contributed by atoms with Gasteiger partial charge in [-0.15, -0.1) is 0 Å². The average molecular weight is 262 g/mol. The van der Waals surface area contributed by atoms with Crippen molar-refractivity contribution in [1.82, 2.24) is 0 Å². The van der Waals surface area contributed by atoms with E-state index in [0.717, 1.165) is 17.8 Å². The number of nitrogens with zero attached hydrogens (tertiary/aromatic N) is 1. The van der Waals surface area contributed by atoms with Crippen molar-refractivity contribution < 1.29 is 9.53 Å². The first-order chi connectivity index (χ1) is 8.93. The van der Waals surface area contributed by atoms with Crippen LogP contribution in [-0.4, -0.2) is 25.7 Å². The van der Waals surface area contributed by atoms with Crippen molar-refractivity contribution in [2.24, 2.45) is 5.92 Å². The molecule has 19 heavy (non-hydrogen) atoms.